The molecular formula is C20H17NO5. The minimum Gasteiger partial charge on any atom is -0.454 e. The summed E-state index contributed by atoms with van der Waals surface area (Å²) < 4.78 is 22.2. The monoisotopic (exact) mass is 351 g/mol. The molecule has 0 bridgehead atoms. The van der Waals surface area contributed by atoms with Crippen LogP contribution in [0.2, 0.25) is 0 Å². The number of rotatable bonds is 0. The van der Waals surface area contributed by atoms with E-state index in [0.717, 1.165) is 35.4 Å². The zero-order valence-electron chi connectivity index (χ0n) is 14.3. The Hall–Kier alpha value is -2.73. The molecule has 3 heterocycles. The molecule has 6 rings (SSSR count). The number of benzene rings is 2. The van der Waals surface area contributed by atoms with E-state index < -0.39 is 5.54 Å². The number of ether oxygens (including phenoxy) is 4. The number of likely N-dealkylation sites (N-methyl/N-ethyl adjacent to an activating group) is 1. The van der Waals surface area contributed by atoms with Gasteiger partial charge >= 0.3 is 0 Å². The normalized spacial score (nSPS) is 24.9. The van der Waals surface area contributed by atoms with E-state index in [-0.39, 0.29) is 19.4 Å². The third-order valence-electron chi connectivity index (χ3n) is 6.09. The van der Waals surface area contributed by atoms with E-state index in [9.17, 15) is 4.79 Å². The average Bonchev–Trinajstić information content (AvgIpc) is 3.35. The summed E-state index contributed by atoms with van der Waals surface area (Å²) in [6.45, 7) is 1.21. The molecular weight excluding hydrogens is 334 g/mol. The van der Waals surface area contributed by atoms with Gasteiger partial charge in [0.25, 0.3) is 0 Å². The summed E-state index contributed by atoms with van der Waals surface area (Å²) in [4.78, 5) is 15.9. The second-order valence-electron chi connectivity index (χ2n) is 7.23. The van der Waals surface area contributed by atoms with E-state index >= 15 is 0 Å². The summed E-state index contributed by atoms with van der Waals surface area (Å²) in [6, 6.07) is 7.92. The zero-order chi connectivity index (χ0) is 17.5. The molecule has 0 saturated heterocycles. The van der Waals surface area contributed by atoms with E-state index in [1.165, 1.54) is 0 Å². The van der Waals surface area contributed by atoms with E-state index in [2.05, 4.69) is 4.90 Å². The molecule has 1 spiro atoms. The highest BCUT2D eigenvalue weighted by atomic mass is 16.7. The van der Waals surface area contributed by atoms with Gasteiger partial charge in [0, 0.05) is 13.0 Å². The Kier molecular flexibility index (Phi) is 2.61. The van der Waals surface area contributed by atoms with Crippen molar-refractivity contribution in [3.8, 4) is 23.0 Å². The number of hydrogen-bond acceptors (Lipinski definition) is 6. The van der Waals surface area contributed by atoms with Crippen LogP contribution in [0.1, 0.15) is 27.0 Å². The fourth-order valence-corrected chi connectivity index (χ4v) is 4.76. The molecule has 2 aromatic rings. The van der Waals surface area contributed by atoms with Crippen LogP contribution in [0.4, 0.5) is 0 Å². The molecule has 0 saturated carbocycles. The molecule has 4 aliphatic rings. The molecule has 6 heteroatoms. The van der Waals surface area contributed by atoms with E-state index in [1.807, 2.05) is 31.3 Å². The van der Waals surface area contributed by atoms with Gasteiger partial charge in [0.1, 0.15) is 5.54 Å². The maximum Gasteiger partial charge on any atom is 0.231 e. The lowest BCUT2D eigenvalue weighted by Gasteiger charge is -2.42. The Labute approximate surface area is 150 Å². The summed E-state index contributed by atoms with van der Waals surface area (Å²) >= 11 is 0. The lowest BCUT2D eigenvalue weighted by atomic mass is 9.77. The Balaban J connectivity index is 1.58. The Morgan fingerprint density at radius 2 is 1.73 bits per heavy atom. The summed E-state index contributed by atoms with van der Waals surface area (Å²) in [5, 5.41) is 0. The van der Waals surface area contributed by atoms with Crippen LogP contribution in [0.25, 0.3) is 0 Å². The molecule has 6 nitrogen and oxygen atoms in total. The highest BCUT2D eigenvalue weighted by molar-refractivity contribution is 6.11. The fraction of sp³-hybridized carbons (Fsp3) is 0.350. The van der Waals surface area contributed by atoms with Crippen LogP contribution in [0.3, 0.4) is 0 Å². The van der Waals surface area contributed by atoms with E-state index in [1.54, 1.807) is 0 Å². The molecule has 2 aromatic carbocycles. The molecule has 0 amide bonds. The number of nitrogens with zero attached hydrogens (tertiary/aromatic N) is 1. The molecule has 0 N–H and O–H groups in total. The predicted molar refractivity (Wildman–Crippen MR) is 91.2 cm³/mol. The van der Waals surface area contributed by atoms with Crippen molar-refractivity contribution in [2.75, 3.05) is 27.2 Å². The van der Waals surface area contributed by atoms with Gasteiger partial charge in [-0.05, 0) is 48.4 Å². The summed E-state index contributed by atoms with van der Waals surface area (Å²) in [7, 11) is 2.02. The van der Waals surface area contributed by atoms with Crippen LogP contribution < -0.4 is 18.9 Å². The van der Waals surface area contributed by atoms with Gasteiger partial charge in [-0.25, -0.2) is 0 Å². The minimum absolute atomic E-state index is 0.0807. The molecule has 3 aliphatic heterocycles. The number of hydrogen-bond donors (Lipinski definition) is 0. The lowest BCUT2D eigenvalue weighted by molar-refractivity contribution is 0.0613. The second-order valence-corrected chi connectivity index (χ2v) is 7.23. The first-order valence-corrected chi connectivity index (χ1v) is 8.79. The highest BCUT2D eigenvalue weighted by Crippen LogP contribution is 2.52. The van der Waals surface area contributed by atoms with Crippen LogP contribution in [0.15, 0.2) is 24.3 Å². The highest BCUT2D eigenvalue weighted by Gasteiger charge is 2.54. The largest absolute Gasteiger partial charge is 0.454 e. The average molecular weight is 351 g/mol. The summed E-state index contributed by atoms with van der Waals surface area (Å²) in [5.41, 5.74) is 3.12. The number of Topliss-reactive ketones (excluding diaryl/α,β-unsaturated/α-hetero) is 1. The van der Waals surface area contributed by atoms with Gasteiger partial charge in [-0.3, -0.25) is 9.69 Å². The van der Waals surface area contributed by atoms with Gasteiger partial charge in [-0.1, -0.05) is 6.07 Å². The third-order valence-corrected chi connectivity index (χ3v) is 6.09. The van der Waals surface area contributed by atoms with Crippen molar-refractivity contribution >= 4 is 5.78 Å². The van der Waals surface area contributed by atoms with Crippen molar-refractivity contribution in [3.05, 3.63) is 46.5 Å². The first kappa shape index (κ1) is 14.4. The first-order chi connectivity index (χ1) is 12.7. The second kappa shape index (κ2) is 4.71. The molecule has 0 unspecified atom stereocenters. The van der Waals surface area contributed by atoms with Crippen LogP contribution in [0, 0.1) is 0 Å². The molecule has 0 aromatic heterocycles. The van der Waals surface area contributed by atoms with Crippen LogP contribution >= 0.6 is 0 Å². The Bertz CT molecular complexity index is 985. The number of ketones is 1. The van der Waals surface area contributed by atoms with Crippen molar-refractivity contribution in [1.82, 2.24) is 4.90 Å². The van der Waals surface area contributed by atoms with Crippen LogP contribution in [-0.4, -0.2) is 37.9 Å². The van der Waals surface area contributed by atoms with Gasteiger partial charge in [0.05, 0.1) is 5.56 Å². The van der Waals surface area contributed by atoms with Crippen molar-refractivity contribution in [2.24, 2.45) is 0 Å². The molecule has 1 aliphatic carbocycles. The predicted octanol–water partition coefficient (Wildman–Crippen LogP) is 2.27. The molecule has 0 fully saturated rings. The maximum atomic E-state index is 13.8. The van der Waals surface area contributed by atoms with Gasteiger partial charge < -0.3 is 18.9 Å². The molecule has 26 heavy (non-hydrogen) atoms. The lowest BCUT2D eigenvalue weighted by Crippen LogP contribution is -2.52. The topological polar surface area (TPSA) is 57.2 Å². The van der Waals surface area contributed by atoms with Gasteiger partial charge in [-0.15, -0.1) is 0 Å². The van der Waals surface area contributed by atoms with Gasteiger partial charge in [0.15, 0.2) is 28.8 Å². The van der Waals surface area contributed by atoms with Gasteiger partial charge in [-0.2, -0.15) is 0 Å². The molecule has 0 radical (unpaired) electrons. The number of carbonyl (C=O) groups is 1. The Morgan fingerprint density at radius 3 is 2.62 bits per heavy atom. The number of carbonyl (C=O) groups excluding carboxylic acids is 1. The third kappa shape index (κ3) is 1.58. The number of fused-ring (bicyclic) bond motifs is 6. The van der Waals surface area contributed by atoms with Crippen molar-refractivity contribution < 1.29 is 23.7 Å². The molecule has 1 atom stereocenters. The minimum atomic E-state index is -0.724. The summed E-state index contributed by atoms with van der Waals surface area (Å²) in [5.74, 6) is 2.80. The Morgan fingerprint density at radius 1 is 0.962 bits per heavy atom. The van der Waals surface area contributed by atoms with E-state index in [4.69, 9.17) is 18.9 Å². The van der Waals surface area contributed by atoms with Crippen LogP contribution in [0.5, 0.6) is 23.0 Å². The zero-order valence-corrected chi connectivity index (χ0v) is 14.3. The first-order valence-electron chi connectivity index (χ1n) is 8.79. The van der Waals surface area contributed by atoms with Crippen molar-refractivity contribution in [1.29, 1.82) is 0 Å². The SMILES string of the molecule is CN1CCc2cc3c(cc2[C@]12Cc1ccc4c(c1C2=O)OCO4)OCO3. The smallest absolute Gasteiger partial charge is 0.231 e. The van der Waals surface area contributed by atoms with Crippen molar-refractivity contribution in [2.45, 2.75) is 18.4 Å². The quantitative estimate of drug-likeness (QED) is 0.726. The fourth-order valence-electron chi connectivity index (χ4n) is 4.76. The molecule has 132 valence electrons. The van der Waals surface area contributed by atoms with Crippen molar-refractivity contribution in [3.63, 3.8) is 0 Å². The standard InChI is InChI=1S/C20H17NO5/c1-21-5-4-11-6-15-16(25-9-24-15)7-13(11)20(21)8-12-2-3-14-18(26-10-23-14)17(12)19(20)22/h2-3,6-7H,4-5,8-10H2,1H3/t20-/m0/s1. The maximum absolute atomic E-state index is 13.8. The van der Waals surface area contributed by atoms with Gasteiger partial charge in [0.2, 0.25) is 13.6 Å². The summed E-state index contributed by atoms with van der Waals surface area (Å²) in [6.07, 6.45) is 1.51. The van der Waals surface area contributed by atoms with Crippen LogP contribution in [-0.2, 0) is 18.4 Å². The van der Waals surface area contributed by atoms with E-state index in [0.29, 0.717) is 29.2 Å².